The number of aromatic nitrogens is 2. The summed E-state index contributed by atoms with van der Waals surface area (Å²) in [5.41, 5.74) is 0. The number of rotatable bonds is 1. The summed E-state index contributed by atoms with van der Waals surface area (Å²) < 4.78 is 36.3. The molecule has 1 aromatic heterocycles. The zero-order chi connectivity index (χ0) is 8.77. The van der Waals surface area contributed by atoms with Crippen LogP contribution in [-0.4, -0.2) is 16.1 Å². The number of hydrogen-bond donors (Lipinski definition) is 0. The maximum Gasteiger partial charge on any atom is 0.249 e. The van der Waals surface area contributed by atoms with Gasteiger partial charge >= 0.3 is 0 Å². The monoisotopic (exact) mass is 161 g/mol. The molecule has 0 atom stereocenters. The van der Waals surface area contributed by atoms with Crippen LogP contribution in [0.2, 0.25) is 0 Å². The molecule has 0 aromatic carbocycles. The van der Waals surface area contributed by atoms with Crippen molar-refractivity contribution in [3.8, 4) is 0 Å². The predicted octanol–water partition coefficient (Wildman–Crippen LogP) is 1.58. The van der Waals surface area contributed by atoms with E-state index >= 15 is 0 Å². The second-order valence-electron chi connectivity index (χ2n) is 2.69. The Balaban J connectivity index is 2.06. The summed E-state index contributed by atoms with van der Waals surface area (Å²) in [6.45, 7) is 0. The molecule has 60 valence electrons. The normalized spacial score (nSPS) is 24.4. The van der Waals surface area contributed by atoms with Gasteiger partial charge in [-0.15, -0.1) is 10.2 Å². The lowest BCUT2D eigenvalue weighted by Gasteiger charge is -2.32. The van der Waals surface area contributed by atoms with Crippen LogP contribution in [0.1, 0.15) is 26.0 Å². The van der Waals surface area contributed by atoms with E-state index in [4.69, 9.17) is 5.79 Å². The Bertz CT molecular complexity index is 293. The highest BCUT2D eigenvalue weighted by Gasteiger charge is 2.48. The molecule has 5 heteroatoms. The lowest BCUT2D eigenvalue weighted by molar-refractivity contribution is -0.0918. The fourth-order valence-corrected chi connectivity index (χ4v) is 1.16. The van der Waals surface area contributed by atoms with Crippen LogP contribution in [0.3, 0.4) is 0 Å². The lowest BCUT2D eigenvalue weighted by Crippen LogP contribution is -2.33. The Hall–Kier alpha value is -1.00. The summed E-state index contributed by atoms with van der Waals surface area (Å²) >= 11 is 0. The molecule has 1 fully saturated rings. The van der Waals surface area contributed by atoms with Crippen LogP contribution >= 0.6 is 0 Å². The maximum atomic E-state index is 12.3. The molecule has 0 amide bonds. The molecule has 1 saturated carbocycles. The smallest absolute Gasteiger partial charge is 0.249 e. The highest BCUT2D eigenvalue weighted by atomic mass is 19.3. The molecule has 1 heterocycles. The molecular formula is C6H6F2N2O. The molecule has 0 unspecified atom stereocenters. The van der Waals surface area contributed by atoms with Crippen LogP contribution in [0.5, 0.6) is 0 Å². The summed E-state index contributed by atoms with van der Waals surface area (Å²) in [4.78, 5) is 0. The van der Waals surface area contributed by atoms with Gasteiger partial charge in [0.05, 0.1) is 0 Å². The van der Waals surface area contributed by atoms with E-state index in [1.807, 2.05) is 0 Å². The molecule has 0 N–H and O–H groups in total. The quantitative estimate of drug-likeness (QED) is 0.627. The van der Waals surface area contributed by atoms with Crippen molar-refractivity contribution in [2.24, 2.45) is 0 Å². The van der Waals surface area contributed by atoms with Gasteiger partial charge in [0.15, 0.2) is 0 Å². The van der Waals surface area contributed by atoms with Crippen molar-refractivity contribution in [3.05, 3.63) is 12.3 Å². The first-order valence-electron chi connectivity index (χ1n) is 3.75. The fraction of sp³-hybridized carbons (Fsp3) is 0.667. The van der Waals surface area contributed by atoms with Crippen molar-refractivity contribution < 1.29 is 14.6 Å². The summed E-state index contributed by atoms with van der Waals surface area (Å²) in [6, 6.07) is 0. The molecule has 0 saturated heterocycles. The molecule has 1 aliphatic rings. The van der Waals surface area contributed by atoms with Gasteiger partial charge in [-0.3, -0.25) is 0 Å². The maximum absolute atomic E-state index is 12.3. The molecule has 0 spiro atoms. The molecule has 11 heavy (non-hydrogen) atoms. The van der Waals surface area contributed by atoms with E-state index in [0.717, 1.165) is 0 Å². The van der Waals surface area contributed by atoms with E-state index in [9.17, 15) is 8.78 Å². The Morgan fingerprint density at radius 1 is 1.73 bits per heavy atom. The van der Waals surface area contributed by atoms with Gasteiger partial charge in [-0.2, -0.15) is 0 Å². The van der Waals surface area contributed by atoms with Gasteiger partial charge in [0.25, 0.3) is 0 Å². The molecule has 0 bridgehead atoms. The van der Waals surface area contributed by atoms with Crippen LogP contribution in [0.15, 0.2) is 10.8 Å². The van der Waals surface area contributed by atoms with Crippen molar-refractivity contribution in [1.82, 2.24) is 10.2 Å². The minimum Gasteiger partial charge on any atom is -0.428 e. The largest absolute Gasteiger partial charge is 0.428 e. The van der Waals surface area contributed by atoms with Gasteiger partial charge in [-0.05, 0) is 0 Å². The second kappa shape index (κ2) is 1.99. The Morgan fingerprint density at radius 3 is 2.91 bits per heavy atom. The zero-order valence-corrected chi connectivity index (χ0v) is 5.55. The average Bonchev–Trinajstić information content (AvgIpc) is 2.30. The van der Waals surface area contributed by atoms with Crippen LogP contribution < -0.4 is 0 Å². The standard InChI is InChI=1S/C6H6F2N2O/c7-6(8)1-4(2-6)5-10-9-3-11-5/h3-4H,1-2H2/i3D. The van der Waals surface area contributed by atoms with Crippen LogP contribution in [0, 0.1) is 0 Å². The number of halogens is 2. The third-order valence-corrected chi connectivity index (χ3v) is 1.78. The van der Waals surface area contributed by atoms with Gasteiger partial charge in [-0.25, -0.2) is 8.78 Å². The molecule has 1 aromatic rings. The third kappa shape index (κ3) is 1.10. The minimum absolute atomic E-state index is 0.158. The Kier molecular flexibility index (Phi) is 1.02. The zero-order valence-electron chi connectivity index (χ0n) is 6.55. The van der Waals surface area contributed by atoms with Crippen LogP contribution in [0.25, 0.3) is 0 Å². The van der Waals surface area contributed by atoms with E-state index in [2.05, 4.69) is 10.2 Å². The van der Waals surface area contributed by atoms with E-state index in [1.54, 1.807) is 0 Å². The molecule has 3 nitrogen and oxygen atoms in total. The summed E-state index contributed by atoms with van der Waals surface area (Å²) in [6.07, 6.45) is -0.802. The highest BCUT2D eigenvalue weighted by molar-refractivity contribution is 5.02. The number of alkyl halides is 2. The molecule has 1 aliphatic carbocycles. The predicted molar refractivity (Wildman–Crippen MR) is 31.2 cm³/mol. The molecule has 0 aliphatic heterocycles. The summed E-state index contributed by atoms with van der Waals surface area (Å²) in [7, 11) is 0. The molecule has 0 radical (unpaired) electrons. The Labute approximate surface area is 62.8 Å². The lowest BCUT2D eigenvalue weighted by atomic mass is 9.81. The fourth-order valence-electron chi connectivity index (χ4n) is 1.16. The van der Waals surface area contributed by atoms with Crippen LogP contribution in [0.4, 0.5) is 8.78 Å². The first-order chi connectivity index (χ1) is 5.57. The van der Waals surface area contributed by atoms with E-state index < -0.39 is 5.92 Å². The van der Waals surface area contributed by atoms with Gasteiger partial charge in [0.2, 0.25) is 18.2 Å². The Morgan fingerprint density at radius 2 is 2.45 bits per heavy atom. The average molecular weight is 161 g/mol. The molecular weight excluding hydrogens is 154 g/mol. The molecule has 2 rings (SSSR count). The van der Waals surface area contributed by atoms with Crippen molar-refractivity contribution >= 4 is 0 Å². The van der Waals surface area contributed by atoms with Crippen LogP contribution in [-0.2, 0) is 0 Å². The van der Waals surface area contributed by atoms with Crippen molar-refractivity contribution in [1.29, 1.82) is 0 Å². The minimum atomic E-state index is -2.58. The van der Waals surface area contributed by atoms with E-state index in [-0.39, 0.29) is 31.0 Å². The highest BCUT2D eigenvalue weighted by Crippen LogP contribution is 2.47. The van der Waals surface area contributed by atoms with Gasteiger partial charge < -0.3 is 4.42 Å². The van der Waals surface area contributed by atoms with Crippen molar-refractivity contribution in [2.45, 2.75) is 24.7 Å². The van der Waals surface area contributed by atoms with Gasteiger partial charge in [0.1, 0.15) is 1.37 Å². The first-order valence-corrected chi connectivity index (χ1v) is 3.25. The third-order valence-electron chi connectivity index (χ3n) is 1.78. The van der Waals surface area contributed by atoms with Gasteiger partial charge in [0, 0.05) is 18.8 Å². The van der Waals surface area contributed by atoms with E-state index in [0.29, 0.717) is 0 Å². The van der Waals surface area contributed by atoms with E-state index in [1.165, 1.54) is 0 Å². The SMILES string of the molecule is [2H]c1nnc(C2CC(F)(F)C2)o1. The summed E-state index contributed by atoms with van der Waals surface area (Å²) in [5, 5.41) is 6.74. The number of nitrogens with zero attached hydrogens (tertiary/aromatic N) is 2. The number of hydrogen-bond acceptors (Lipinski definition) is 3. The topological polar surface area (TPSA) is 38.9 Å². The van der Waals surface area contributed by atoms with Gasteiger partial charge in [-0.1, -0.05) is 0 Å². The van der Waals surface area contributed by atoms with Crippen molar-refractivity contribution in [3.63, 3.8) is 0 Å². The second-order valence-corrected chi connectivity index (χ2v) is 2.69. The summed E-state index contributed by atoms with van der Waals surface area (Å²) in [5.74, 6) is -2.78. The van der Waals surface area contributed by atoms with Crippen molar-refractivity contribution in [2.75, 3.05) is 0 Å². The first kappa shape index (κ1) is 5.62.